The first-order chi connectivity index (χ1) is 6.69. The van der Waals surface area contributed by atoms with Crippen LogP contribution in [0.3, 0.4) is 0 Å². The van der Waals surface area contributed by atoms with Crippen LogP contribution in [0.2, 0.25) is 0 Å². The quantitative estimate of drug-likeness (QED) is 0.727. The largest absolute Gasteiger partial charge is 0.341 e. The van der Waals surface area contributed by atoms with E-state index in [1.165, 1.54) is 0 Å². The van der Waals surface area contributed by atoms with Gasteiger partial charge in [0, 0.05) is 18.6 Å². The first-order valence-electron chi connectivity index (χ1n) is 4.32. The molecular weight excluding hydrogens is 200 g/mol. The second kappa shape index (κ2) is 4.86. The van der Waals surface area contributed by atoms with Crippen molar-refractivity contribution in [1.29, 1.82) is 0 Å². The Hall–Kier alpha value is -1.22. The van der Waals surface area contributed by atoms with E-state index >= 15 is 0 Å². The smallest absolute Gasteiger partial charge is 0.318 e. The summed E-state index contributed by atoms with van der Waals surface area (Å²) in [6, 6.07) is 5.45. The molecule has 1 rings (SSSR count). The topological polar surface area (TPSA) is 41.1 Å². The lowest BCUT2D eigenvalue weighted by molar-refractivity contribution is 0.254. The van der Waals surface area contributed by atoms with Gasteiger partial charge in [-0.15, -0.1) is 11.6 Å². The number of nitrogens with one attached hydrogen (secondary N) is 2. The third-order valence-electron chi connectivity index (χ3n) is 2.02. The predicted octanol–water partition coefficient (Wildman–Crippen LogP) is 2.49. The molecule has 1 aromatic carbocycles. The summed E-state index contributed by atoms with van der Waals surface area (Å²) in [5, 5.41) is 5.21. The van der Waals surface area contributed by atoms with Gasteiger partial charge in [-0.05, 0) is 24.1 Å². The van der Waals surface area contributed by atoms with E-state index < -0.39 is 0 Å². The molecule has 0 atom stereocenters. The number of carbonyl (C=O) groups is 1. The number of aryl methyl sites for hydroxylation is 1. The van der Waals surface area contributed by atoms with Gasteiger partial charge in [0.1, 0.15) is 0 Å². The van der Waals surface area contributed by atoms with E-state index in [1.807, 2.05) is 25.1 Å². The van der Waals surface area contributed by atoms with Gasteiger partial charge in [0.05, 0.1) is 0 Å². The second-order valence-electron chi connectivity index (χ2n) is 2.94. The Morgan fingerprint density at radius 3 is 2.79 bits per heavy atom. The summed E-state index contributed by atoms with van der Waals surface area (Å²) in [4.78, 5) is 11.1. The lowest BCUT2D eigenvalue weighted by Gasteiger charge is -2.10. The molecule has 0 radical (unpaired) electrons. The number of rotatable bonds is 2. The van der Waals surface area contributed by atoms with Crippen molar-refractivity contribution in [2.75, 3.05) is 12.4 Å². The van der Waals surface area contributed by atoms with Gasteiger partial charge in [0.2, 0.25) is 0 Å². The Morgan fingerprint density at radius 1 is 1.50 bits per heavy atom. The number of hydrogen-bond donors (Lipinski definition) is 2. The van der Waals surface area contributed by atoms with Crippen molar-refractivity contribution in [1.82, 2.24) is 5.32 Å². The summed E-state index contributed by atoms with van der Waals surface area (Å²) < 4.78 is 0. The molecule has 0 saturated heterocycles. The summed E-state index contributed by atoms with van der Waals surface area (Å²) in [6.07, 6.45) is 0. The van der Waals surface area contributed by atoms with Crippen molar-refractivity contribution >= 4 is 23.3 Å². The molecule has 14 heavy (non-hydrogen) atoms. The maximum absolute atomic E-state index is 11.1. The zero-order valence-corrected chi connectivity index (χ0v) is 8.98. The van der Waals surface area contributed by atoms with Crippen LogP contribution in [0, 0.1) is 6.92 Å². The number of hydrogen-bond acceptors (Lipinski definition) is 1. The van der Waals surface area contributed by atoms with E-state index in [0.717, 1.165) is 16.8 Å². The summed E-state index contributed by atoms with van der Waals surface area (Å²) in [5.74, 6) is 0.395. The summed E-state index contributed by atoms with van der Waals surface area (Å²) in [7, 11) is 1.57. The van der Waals surface area contributed by atoms with Gasteiger partial charge in [-0.3, -0.25) is 0 Å². The summed E-state index contributed by atoms with van der Waals surface area (Å²) in [5.41, 5.74) is 2.80. The Labute approximate surface area is 88.5 Å². The summed E-state index contributed by atoms with van der Waals surface area (Å²) >= 11 is 5.79. The molecule has 2 amide bonds. The molecule has 0 bridgehead atoms. The average molecular weight is 213 g/mol. The first kappa shape index (κ1) is 10.9. The van der Waals surface area contributed by atoms with E-state index in [9.17, 15) is 4.79 Å². The fourth-order valence-corrected chi connectivity index (χ4v) is 1.54. The Morgan fingerprint density at radius 2 is 2.21 bits per heavy atom. The van der Waals surface area contributed by atoms with Crippen molar-refractivity contribution in [3.8, 4) is 0 Å². The number of anilines is 1. The lowest BCUT2D eigenvalue weighted by Crippen LogP contribution is -2.25. The molecule has 0 fully saturated rings. The fraction of sp³-hybridized carbons (Fsp3) is 0.300. The van der Waals surface area contributed by atoms with Gasteiger partial charge in [0.25, 0.3) is 0 Å². The molecule has 3 nitrogen and oxygen atoms in total. The van der Waals surface area contributed by atoms with Gasteiger partial charge in [-0.25, -0.2) is 4.79 Å². The normalized spacial score (nSPS) is 9.64. The second-order valence-corrected chi connectivity index (χ2v) is 3.21. The first-order valence-corrected chi connectivity index (χ1v) is 4.85. The molecule has 0 aliphatic heterocycles. The molecule has 1 aromatic rings. The Kier molecular flexibility index (Phi) is 3.77. The molecule has 0 aliphatic carbocycles. The van der Waals surface area contributed by atoms with Crippen molar-refractivity contribution < 1.29 is 4.79 Å². The molecule has 0 spiro atoms. The molecule has 4 heteroatoms. The molecule has 2 N–H and O–H groups in total. The zero-order chi connectivity index (χ0) is 10.6. The van der Waals surface area contributed by atoms with Crippen LogP contribution in [0.4, 0.5) is 10.5 Å². The maximum Gasteiger partial charge on any atom is 0.318 e. The van der Waals surface area contributed by atoms with E-state index in [2.05, 4.69) is 10.6 Å². The van der Waals surface area contributed by atoms with E-state index in [4.69, 9.17) is 11.6 Å². The predicted molar refractivity (Wildman–Crippen MR) is 58.8 cm³/mol. The molecular formula is C10H13ClN2O. The van der Waals surface area contributed by atoms with Crippen molar-refractivity contribution in [2.24, 2.45) is 0 Å². The minimum absolute atomic E-state index is 0.234. The molecule has 76 valence electrons. The van der Waals surface area contributed by atoms with Gasteiger partial charge < -0.3 is 10.6 Å². The van der Waals surface area contributed by atoms with Crippen LogP contribution < -0.4 is 10.6 Å². The number of alkyl halides is 1. The van der Waals surface area contributed by atoms with Gasteiger partial charge in [-0.1, -0.05) is 12.1 Å². The van der Waals surface area contributed by atoms with Crippen LogP contribution in [-0.4, -0.2) is 13.1 Å². The Bertz CT molecular complexity index is 339. The lowest BCUT2D eigenvalue weighted by atomic mass is 10.1. The summed E-state index contributed by atoms with van der Waals surface area (Å²) in [6.45, 7) is 1.97. The monoisotopic (exact) mass is 212 g/mol. The molecule has 0 aliphatic rings. The number of urea groups is 1. The minimum Gasteiger partial charge on any atom is -0.341 e. The average Bonchev–Trinajstić information content (AvgIpc) is 2.18. The highest BCUT2D eigenvalue weighted by Gasteiger charge is 2.06. The van der Waals surface area contributed by atoms with Crippen LogP contribution in [0.5, 0.6) is 0 Å². The molecule has 0 unspecified atom stereocenters. The van der Waals surface area contributed by atoms with E-state index in [-0.39, 0.29) is 6.03 Å². The molecule has 0 saturated carbocycles. The number of amides is 2. The number of halogens is 1. The fourth-order valence-electron chi connectivity index (χ4n) is 1.18. The zero-order valence-electron chi connectivity index (χ0n) is 8.23. The third kappa shape index (κ3) is 2.39. The van der Waals surface area contributed by atoms with E-state index in [1.54, 1.807) is 7.05 Å². The van der Waals surface area contributed by atoms with Gasteiger partial charge in [-0.2, -0.15) is 0 Å². The molecule has 0 heterocycles. The molecule has 0 aromatic heterocycles. The third-order valence-corrected chi connectivity index (χ3v) is 2.29. The number of carbonyl (C=O) groups excluding carboxylic acids is 1. The van der Waals surface area contributed by atoms with Crippen LogP contribution in [0.1, 0.15) is 11.1 Å². The highest BCUT2D eigenvalue weighted by molar-refractivity contribution is 6.17. The Balaban J connectivity index is 2.96. The van der Waals surface area contributed by atoms with Gasteiger partial charge >= 0.3 is 6.03 Å². The van der Waals surface area contributed by atoms with Crippen LogP contribution in [-0.2, 0) is 5.88 Å². The number of benzene rings is 1. The standard InChI is InChI=1S/C10H13ClN2O/c1-7-4-3-5-9(8(7)6-11)13-10(14)12-2/h3-5H,6H2,1-2H3,(H2,12,13,14). The van der Waals surface area contributed by atoms with Crippen molar-refractivity contribution in [3.63, 3.8) is 0 Å². The van der Waals surface area contributed by atoms with Gasteiger partial charge in [0.15, 0.2) is 0 Å². The maximum atomic E-state index is 11.1. The minimum atomic E-state index is -0.234. The van der Waals surface area contributed by atoms with E-state index in [0.29, 0.717) is 5.88 Å². The van der Waals surface area contributed by atoms with Crippen LogP contribution in [0.15, 0.2) is 18.2 Å². The van der Waals surface area contributed by atoms with Crippen LogP contribution >= 0.6 is 11.6 Å². The highest BCUT2D eigenvalue weighted by atomic mass is 35.5. The SMILES string of the molecule is CNC(=O)Nc1cccc(C)c1CCl. The van der Waals surface area contributed by atoms with Crippen molar-refractivity contribution in [2.45, 2.75) is 12.8 Å². The highest BCUT2D eigenvalue weighted by Crippen LogP contribution is 2.21. The van der Waals surface area contributed by atoms with Crippen molar-refractivity contribution in [3.05, 3.63) is 29.3 Å². The van der Waals surface area contributed by atoms with Crippen LogP contribution in [0.25, 0.3) is 0 Å².